The first-order chi connectivity index (χ1) is 12.2. The number of benzene rings is 1. The molecule has 0 aliphatic carbocycles. The summed E-state index contributed by atoms with van der Waals surface area (Å²) in [4.78, 5) is 27.6. The number of nitrogens with zero attached hydrogens (tertiary/aromatic N) is 2. The molecule has 5 nitrogen and oxygen atoms in total. The zero-order chi connectivity index (χ0) is 19.1. The highest BCUT2D eigenvalue weighted by Crippen LogP contribution is 2.38. The largest absolute Gasteiger partial charge is 0.490 e. The molecule has 142 valence electrons. The highest BCUT2D eigenvalue weighted by Gasteiger charge is 2.48. The van der Waals surface area contributed by atoms with Crippen molar-refractivity contribution in [2.75, 3.05) is 19.0 Å². The van der Waals surface area contributed by atoms with E-state index >= 15 is 0 Å². The van der Waals surface area contributed by atoms with Gasteiger partial charge >= 0.3 is 12.1 Å². The Bertz CT molecular complexity index is 674. The minimum atomic E-state index is -4.99. The molecular formula is C18H21F3N2O3. The van der Waals surface area contributed by atoms with E-state index in [1.54, 1.807) is 17.0 Å². The summed E-state index contributed by atoms with van der Waals surface area (Å²) >= 11 is 0. The van der Waals surface area contributed by atoms with Crippen LogP contribution in [-0.2, 0) is 9.53 Å². The molecule has 2 bridgehead atoms. The fourth-order valence-corrected chi connectivity index (χ4v) is 3.82. The van der Waals surface area contributed by atoms with Gasteiger partial charge < -0.3 is 14.5 Å². The lowest BCUT2D eigenvalue weighted by Gasteiger charge is -2.38. The number of ether oxygens (including phenoxy) is 1. The van der Waals surface area contributed by atoms with Crippen molar-refractivity contribution in [2.45, 2.75) is 50.0 Å². The van der Waals surface area contributed by atoms with Crippen molar-refractivity contribution in [3.05, 3.63) is 29.8 Å². The number of amides is 1. The van der Waals surface area contributed by atoms with Crippen LogP contribution in [0.2, 0.25) is 0 Å². The zero-order valence-corrected chi connectivity index (χ0v) is 14.6. The number of esters is 1. The van der Waals surface area contributed by atoms with E-state index in [1.165, 1.54) is 0 Å². The molecule has 0 spiro atoms. The summed E-state index contributed by atoms with van der Waals surface area (Å²) in [5, 5.41) is 0. The van der Waals surface area contributed by atoms with Gasteiger partial charge in [0.15, 0.2) is 0 Å². The number of rotatable bonds is 3. The second-order valence-corrected chi connectivity index (χ2v) is 7.04. The first-order valence-corrected chi connectivity index (χ1v) is 8.54. The van der Waals surface area contributed by atoms with E-state index in [1.807, 2.05) is 31.1 Å². The predicted octanol–water partition coefficient (Wildman–Crippen LogP) is 2.99. The lowest BCUT2D eigenvalue weighted by Crippen LogP contribution is -2.49. The van der Waals surface area contributed by atoms with Crippen LogP contribution < -0.4 is 4.90 Å². The quantitative estimate of drug-likeness (QED) is 0.768. The molecule has 0 saturated carbocycles. The maximum absolute atomic E-state index is 12.9. The van der Waals surface area contributed by atoms with Gasteiger partial charge in [0.2, 0.25) is 0 Å². The predicted molar refractivity (Wildman–Crippen MR) is 88.9 cm³/mol. The topological polar surface area (TPSA) is 49.9 Å². The molecule has 0 aromatic heterocycles. The van der Waals surface area contributed by atoms with E-state index in [-0.39, 0.29) is 30.8 Å². The van der Waals surface area contributed by atoms with Crippen LogP contribution in [0.3, 0.4) is 0 Å². The highest BCUT2D eigenvalue weighted by atomic mass is 19.4. The van der Waals surface area contributed by atoms with Crippen LogP contribution in [0.15, 0.2) is 24.3 Å². The Hall–Kier alpha value is -2.25. The minimum Gasteiger partial charge on any atom is -0.456 e. The van der Waals surface area contributed by atoms with E-state index in [4.69, 9.17) is 0 Å². The molecule has 1 aromatic rings. The third kappa shape index (κ3) is 3.64. The fourth-order valence-electron chi connectivity index (χ4n) is 3.82. The summed E-state index contributed by atoms with van der Waals surface area (Å²) in [6, 6.07) is 6.83. The van der Waals surface area contributed by atoms with E-state index in [2.05, 4.69) is 4.74 Å². The van der Waals surface area contributed by atoms with Crippen LogP contribution >= 0.6 is 0 Å². The molecule has 2 atom stereocenters. The first-order valence-electron chi connectivity index (χ1n) is 8.54. The normalized spacial score (nSPS) is 25.1. The zero-order valence-electron chi connectivity index (χ0n) is 14.6. The van der Waals surface area contributed by atoms with Gasteiger partial charge in [-0.05, 0) is 37.1 Å². The number of carbonyl (C=O) groups excluding carboxylic acids is 2. The SMILES string of the molecule is CN(C)c1ccc(C(=O)N2C3CCC2CC(OC(=O)C(F)(F)F)C3)cc1. The van der Waals surface area contributed by atoms with Crippen molar-refractivity contribution in [1.82, 2.24) is 4.90 Å². The number of carbonyl (C=O) groups is 2. The molecule has 2 unspecified atom stereocenters. The summed E-state index contributed by atoms with van der Waals surface area (Å²) in [6.45, 7) is 0. The van der Waals surface area contributed by atoms with Crippen molar-refractivity contribution >= 4 is 17.6 Å². The third-order valence-electron chi connectivity index (χ3n) is 5.06. The molecular weight excluding hydrogens is 349 g/mol. The molecule has 0 radical (unpaired) electrons. The molecule has 2 fully saturated rings. The van der Waals surface area contributed by atoms with E-state index in [0.29, 0.717) is 18.4 Å². The van der Waals surface area contributed by atoms with Crippen molar-refractivity contribution in [2.24, 2.45) is 0 Å². The molecule has 8 heteroatoms. The van der Waals surface area contributed by atoms with Crippen molar-refractivity contribution < 1.29 is 27.5 Å². The molecule has 0 N–H and O–H groups in total. The lowest BCUT2D eigenvalue weighted by atomic mass is 9.98. The Morgan fingerprint density at radius 3 is 2.08 bits per heavy atom. The Kier molecular flexibility index (Phi) is 4.86. The monoisotopic (exact) mass is 370 g/mol. The fraction of sp³-hybridized carbons (Fsp3) is 0.556. The molecule has 1 aromatic carbocycles. The Balaban J connectivity index is 1.68. The van der Waals surface area contributed by atoms with Gasteiger partial charge in [-0.1, -0.05) is 0 Å². The number of fused-ring (bicyclic) bond motifs is 2. The molecule has 2 aliphatic heterocycles. The number of halogens is 3. The molecule has 2 saturated heterocycles. The maximum Gasteiger partial charge on any atom is 0.490 e. The number of piperidine rings is 1. The summed E-state index contributed by atoms with van der Waals surface area (Å²) in [7, 11) is 3.81. The minimum absolute atomic E-state index is 0.122. The Morgan fingerprint density at radius 2 is 1.62 bits per heavy atom. The third-order valence-corrected chi connectivity index (χ3v) is 5.06. The molecule has 1 amide bonds. The number of hydrogen-bond acceptors (Lipinski definition) is 4. The van der Waals surface area contributed by atoms with Gasteiger partial charge in [-0.2, -0.15) is 13.2 Å². The second kappa shape index (κ2) is 6.81. The van der Waals surface area contributed by atoms with E-state index in [9.17, 15) is 22.8 Å². The van der Waals surface area contributed by atoms with Gasteiger partial charge in [0.1, 0.15) is 6.10 Å². The summed E-state index contributed by atoms with van der Waals surface area (Å²) < 4.78 is 41.8. The van der Waals surface area contributed by atoms with Crippen molar-refractivity contribution in [3.63, 3.8) is 0 Å². The maximum atomic E-state index is 12.9. The first kappa shape index (κ1) is 18.5. The Labute approximate surface area is 149 Å². The second-order valence-electron chi connectivity index (χ2n) is 7.04. The van der Waals surface area contributed by atoms with Crippen molar-refractivity contribution in [3.8, 4) is 0 Å². The molecule has 26 heavy (non-hydrogen) atoms. The smallest absolute Gasteiger partial charge is 0.456 e. The van der Waals surface area contributed by atoms with Crippen LogP contribution in [0, 0.1) is 0 Å². The van der Waals surface area contributed by atoms with Gasteiger partial charge in [0.05, 0.1) is 0 Å². The average Bonchev–Trinajstić information content (AvgIpc) is 2.84. The number of alkyl halides is 3. The standard InChI is InChI=1S/C18H21F3N2O3/c1-22(2)12-5-3-11(4-6-12)16(24)23-13-7-8-14(23)10-15(9-13)26-17(25)18(19,20)21/h3-6,13-15H,7-10H2,1-2H3. The van der Waals surface area contributed by atoms with Crippen LogP contribution in [-0.4, -0.2) is 55.2 Å². The molecule has 2 heterocycles. The summed E-state index contributed by atoms with van der Waals surface area (Å²) in [6.07, 6.45) is -3.85. The van der Waals surface area contributed by atoms with Crippen LogP contribution in [0.4, 0.5) is 18.9 Å². The van der Waals surface area contributed by atoms with Gasteiger partial charge in [0.25, 0.3) is 5.91 Å². The van der Waals surface area contributed by atoms with Gasteiger partial charge in [-0.3, -0.25) is 4.79 Å². The van der Waals surface area contributed by atoms with Gasteiger partial charge in [-0.15, -0.1) is 0 Å². The van der Waals surface area contributed by atoms with E-state index in [0.717, 1.165) is 5.69 Å². The average molecular weight is 370 g/mol. The van der Waals surface area contributed by atoms with Crippen LogP contribution in [0.25, 0.3) is 0 Å². The summed E-state index contributed by atoms with van der Waals surface area (Å²) in [5.41, 5.74) is 1.53. The van der Waals surface area contributed by atoms with Crippen LogP contribution in [0.5, 0.6) is 0 Å². The van der Waals surface area contributed by atoms with Crippen LogP contribution in [0.1, 0.15) is 36.0 Å². The van der Waals surface area contributed by atoms with Gasteiger partial charge in [-0.25, -0.2) is 4.79 Å². The summed E-state index contributed by atoms with van der Waals surface area (Å²) in [5.74, 6) is -2.27. The van der Waals surface area contributed by atoms with E-state index < -0.39 is 18.2 Å². The molecule has 2 aliphatic rings. The highest BCUT2D eigenvalue weighted by molar-refractivity contribution is 5.95. The molecule has 3 rings (SSSR count). The number of anilines is 1. The Morgan fingerprint density at radius 1 is 1.08 bits per heavy atom. The van der Waals surface area contributed by atoms with Gasteiger partial charge in [0, 0.05) is 50.3 Å². The van der Waals surface area contributed by atoms with Crippen molar-refractivity contribution in [1.29, 1.82) is 0 Å². The lowest BCUT2D eigenvalue weighted by molar-refractivity contribution is -0.207. The number of hydrogen-bond donors (Lipinski definition) is 0.